The van der Waals surface area contributed by atoms with Crippen molar-refractivity contribution < 1.29 is 4.39 Å². The van der Waals surface area contributed by atoms with Gasteiger partial charge in [-0.25, -0.2) is 4.39 Å². The molecule has 11 heavy (non-hydrogen) atoms. The van der Waals surface area contributed by atoms with Gasteiger partial charge in [-0.1, -0.05) is 0 Å². The van der Waals surface area contributed by atoms with Gasteiger partial charge in [-0.3, -0.25) is 0 Å². The molecule has 0 aromatic rings. The minimum Gasteiger partial charge on any atom is -0.305 e. The average molecular weight is 160 g/mol. The maximum Gasteiger partial charge on any atom is 0.114 e. The second-order valence-corrected chi connectivity index (χ2v) is 3.67. The van der Waals surface area contributed by atoms with E-state index in [1.807, 2.05) is 21.1 Å². The summed E-state index contributed by atoms with van der Waals surface area (Å²) in [5.41, 5.74) is 0. The molecule has 2 nitrogen and oxygen atoms in total. The monoisotopic (exact) mass is 160 g/mol. The lowest BCUT2D eigenvalue weighted by molar-refractivity contribution is 0.0891. The summed E-state index contributed by atoms with van der Waals surface area (Å²) in [5, 5.41) is 0. The minimum atomic E-state index is -0.638. The van der Waals surface area contributed by atoms with Crippen LogP contribution in [0.5, 0.6) is 0 Å². The Morgan fingerprint density at radius 3 is 2.45 bits per heavy atom. The number of nitrogens with zero attached hydrogens (tertiary/aromatic N) is 2. The molecular weight excluding hydrogens is 143 g/mol. The van der Waals surface area contributed by atoms with Gasteiger partial charge < -0.3 is 9.80 Å². The number of hydrogen-bond donors (Lipinski definition) is 0. The van der Waals surface area contributed by atoms with E-state index in [-0.39, 0.29) is 0 Å². The molecule has 0 aromatic heterocycles. The third-order valence-electron chi connectivity index (χ3n) is 2.29. The molecule has 1 saturated heterocycles. The molecule has 2 unspecified atom stereocenters. The highest BCUT2D eigenvalue weighted by Gasteiger charge is 2.25. The van der Waals surface area contributed by atoms with Gasteiger partial charge in [0.15, 0.2) is 0 Å². The predicted octanol–water partition coefficient (Wildman–Crippen LogP) is 0.590. The first kappa shape index (κ1) is 8.94. The summed E-state index contributed by atoms with van der Waals surface area (Å²) < 4.78 is 13.0. The van der Waals surface area contributed by atoms with Gasteiger partial charge in [0.1, 0.15) is 6.17 Å². The zero-order valence-electron chi connectivity index (χ0n) is 7.55. The van der Waals surface area contributed by atoms with Crippen LogP contribution in [0.1, 0.15) is 6.42 Å². The minimum absolute atomic E-state index is 0.392. The molecule has 0 radical (unpaired) electrons. The number of likely N-dealkylation sites (N-methyl/N-ethyl adjacent to an activating group) is 2. The van der Waals surface area contributed by atoms with E-state index >= 15 is 0 Å². The first-order valence-electron chi connectivity index (χ1n) is 4.08. The zero-order chi connectivity index (χ0) is 8.43. The van der Waals surface area contributed by atoms with Crippen molar-refractivity contribution in [1.82, 2.24) is 9.80 Å². The largest absolute Gasteiger partial charge is 0.305 e. The van der Waals surface area contributed by atoms with Crippen molar-refractivity contribution in [3.63, 3.8) is 0 Å². The van der Waals surface area contributed by atoms with E-state index in [4.69, 9.17) is 0 Å². The molecule has 0 aliphatic carbocycles. The molecule has 1 fully saturated rings. The fourth-order valence-electron chi connectivity index (χ4n) is 1.59. The summed E-state index contributed by atoms with van der Waals surface area (Å²) in [6, 6.07) is 0.392. The van der Waals surface area contributed by atoms with Crippen molar-refractivity contribution >= 4 is 0 Å². The van der Waals surface area contributed by atoms with E-state index in [9.17, 15) is 4.39 Å². The van der Waals surface area contributed by atoms with Crippen LogP contribution in [0.3, 0.4) is 0 Å². The second-order valence-electron chi connectivity index (χ2n) is 3.67. The van der Waals surface area contributed by atoms with Gasteiger partial charge in [0.25, 0.3) is 0 Å². The molecule has 1 aliphatic heterocycles. The number of likely N-dealkylation sites (tertiary alicyclic amines) is 1. The van der Waals surface area contributed by atoms with Crippen molar-refractivity contribution in [3.8, 4) is 0 Å². The average Bonchev–Trinajstić information content (AvgIpc) is 1.85. The smallest absolute Gasteiger partial charge is 0.114 e. The van der Waals surface area contributed by atoms with Gasteiger partial charge in [0.2, 0.25) is 0 Å². The zero-order valence-corrected chi connectivity index (χ0v) is 7.55. The number of piperidine rings is 1. The normalized spacial score (nSPS) is 34.6. The van der Waals surface area contributed by atoms with Crippen molar-refractivity contribution in [3.05, 3.63) is 0 Å². The molecule has 0 saturated carbocycles. The molecule has 0 N–H and O–H groups in total. The standard InChI is InChI=1S/C8H17FN2/c1-10(2)8-4-7(9)5-11(3)6-8/h7-8H,4-6H2,1-3H3. The third-order valence-corrected chi connectivity index (χ3v) is 2.29. The molecule has 0 aromatic carbocycles. The topological polar surface area (TPSA) is 6.48 Å². The Labute approximate surface area is 68.0 Å². The Morgan fingerprint density at radius 2 is 2.00 bits per heavy atom. The molecule has 66 valence electrons. The van der Waals surface area contributed by atoms with Gasteiger partial charge in [0.05, 0.1) is 0 Å². The summed E-state index contributed by atoms with van der Waals surface area (Å²) >= 11 is 0. The van der Waals surface area contributed by atoms with E-state index < -0.39 is 6.17 Å². The van der Waals surface area contributed by atoms with Crippen molar-refractivity contribution in [2.24, 2.45) is 0 Å². The van der Waals surface area contributed by atoms with Crippen LogP contribution >= 0.6 is 0 Å². The Kier molecular flexibility index (Phi) is 2.84. The number of halogens is 1. The maximum absolute atomic E-state index is 13.0. The van der Waals surface area contributed by atoms with E-state index in [2.05, 4.69) is 9.80 Å². The van der Waals surface area contributed by atoms with Crippen LogP contribution in [-0.2, 0) is 0 Å². The molecule has 3 heteroatoms. The first-order chi connectivity index (χ1) is 5.09. The second kappa shape index (κ2) is 3.50. The van der Waals surface area contributed by atoms with Gasteiger partial charge in [-0.2, -0.15) is 0 Å². The third kappa shape index (κ3) is 2.42. The summed E-state index contributed by atoms with van der Waals surface area (Å²) in [7, 11) is 6.00. The summed E-state index contributed by atoms with van der Waals surface area (Å²) in [6.07, 6.45) is 0.0540. The highest BCUT2D eigenvalue weighted by molar-refractivity contribution is 4.81. The lowest BCUT2D eigenvalue weighted by Crippen LogP contribution is -2.47. The van der Waals surface area contributed by atoms with Crippen LogP contribution in [0.25, 0.3) is 0 Å². The van der Waals surface area contributed by atoms with Crippen molar-refractivity contribution in [1.29, 1.82) is 0 Å². The van der Waals surface area contributed by atoms with Crippen LogP contribution in [0.2, 0.25) is 0 Å². The highest BCUT2D eigenvalue weighted by atomic mass is 19.1. The molecule has 0 amide bonds. The van der Waals surface area contributed by atoms with Gasteiger partial charge in [0, 0.05) is 19.1 Å². The van der Waals surface area contributed by atoms with Crippen LogP contribution in [0, 0.1) is 0 Å². The molecule has 1 rings (SSSR count). The number of hydrogen-bond acceptors (Lipinski definition) is 2. The van der Waals surface area contributed by atoms with E-state index in [1.54, 1.807) is 0 Å². The SMILES string of the molecule is CN1CC(F)CC(N(C)C)C1. The lowest BCUT2D eigenvalue weighted by atomic mass is 10.0. The van der Waals surface area contributed by atoms with Crippen LogP contribution in [-0.4, -0.2) is 56.2 Å². The number of rotatable bonds is 1. The predicted molar refractivity (Wildman–Crippen MR) is 44.5 cm³/mol. The fraction of sp³-hybridized carbons (Fsp3) is 1.00. The number of alkyl halides is 1. The van der Waals surface area contributed by atoms with E-state index in [1.165, 1.54) is 0 Å². The Morgan fingerprint density at radius 1 is 1.36 bits per heavy atom. The molecule has 2 atom stereocenters. The van der Waals surface area contributed by atoms with Crippen molar-refractivity contribution in [2.75, 3.05) is 34.2 Å². The molecule has 1 aliphatic rings. The summed E-state index contributed by atoms with van der Waals surface area (Å²) in [5.74, 6) is 0. The van der Waals surface area contributed by atoms with E-state index in [0.717, 1.165) is 6.54 Å². The maximum atomic E-state index is 13.0. The van der Waals surface area contributed by atoms with Crippen LogP contribution < -0.4 is 0 Å². The van der Waals surface area contributed by atoms with Gasteiger partial charge in [-0.05, 0) is 27.6 Å². The molecule has 0 spiro atoms. The van der Waals surface area contributed by atoms with Crippen LogP contribution in [0.15, 0.2) is 0 Å². The molecule has 0 bridgehead atoms. The van der Waals surface area contributed by atoms with Gasteiger partial charge >= 0.3 is 0 Å². The highest BCUT2D eigenvalue weighted by Crippen LogP contribution is 2.14. The lowest BCUT2D eigenvalue weighted by Gasteiger charge is -2.35. The van der Waals surface area contributed by atoms with Crippen LogP contribution in [0.4, 0.5) is 4.39 Å². The fourth-order valence-corrected chi connectivity index (χ4v) is 1.59. The Hall–Kier alpha value is -0.150. The molecular formula is C8H17FN2. The molecule has 1 heterocycles. The summed E-state index contributed by atoms with van der Waals surface area (Å²) in [6.45, 7) is 1.60. The van der Waals surface area contributed by atoms with E-state index in [0.29, 0.717) is 19.0 Å². The van der Waals surface area contributed by atoms with Crippen molar-refractivity contribution in [2.45, 2.75) is 18.6 Å². The Balaban J connectivity index is 2.43. The quantitative estimate of drug-likeness (QED) is 0.554. The Bertz CT molecular complexity index is 117. The summed E-state index contributed by atoms with van der Waals surface area (Å²) in [4.78, 5) is 4.15. The van der Waals surface area contributed by atoms with Gasteiger partial charge in [-0.15, -0.1) is 0 Å². The first-order valence-corrected chi connectivity index (χ1v) is 4.08.